The molecule has 2 aromatic rings. The van der Waals surface area contributed by atoms with Gasteiger partial charge >= 0.3 is 0 Å². The van der Waals surface area contributed by atoms with Crippen LogP contribution in [0.2, 0.25) is 0 Å². The van der Waals surface area contributed by atoms with E-state index in [1.165, 1.54) is 16.7 Å². The lowest BCUT2D eigenvalue weighted by molar-refractivity contribution is 0.450. The van der Waals surface area contributed by atoms with Gasteiger partial charge in [-0.05, 0) is 67.5 Å². The van der Waals surface area contributed by atoms with Gasteiger partial charge in [0.1, 0.15) is 5.82 Å². The quantitative estimate of drug-likeness (QED) is 0.880. The van der Waals surface area contributed by atoms with Crippen LogP contribution < -0.4 is 5.32 Å². The Bertz CT molecular complexity index is 635. The third-order valence-corrected chi connectivity index (χ3v) is 4.46. The molecule has 110 valence electrons. The van der Waals surface area contributed by atoms with Crippen LogP contribution in [0, 0.1) is 12.7 Å². The number of rotatable bonds is 4. The predicted octanol–water partition coefficient (Wildman–Crippen LogP) is 4.34. The molecule has 0 aliphatic heterocycles. The summed E-state index contributed by atoms with van der Waals surface area (Å²) < 4.78 is 13.3. The number of halogens is 1. The number of nitrogens with one attached hydrogen (secondary N) is 1. The molecule has 0 heterocycles. The summed E-state index contributed by atoms with van der Waals surface area (Å²) >= 11 is 0. The van der Waals surface area contributed by atoms with Gasteiger partial charge in [-0.15, -0.1) is 0 Å². The van der Waals surface area contributed by atoms with Gasteiger partial charge in [0.15, 0.2) is 0 Å². The van der Waals surface area contributed by atoms with Crippen molar-refractivity contribution in [2.75, 3.05) is 0 Å². The van der Waals surface area contributed by atoms with E-state index in [0.29, 0.717) is 12.1 Å². The van der Waals surface area contributed by atoms with Gasteiger partial charge in [-0.25, -0.2) is 4.39 Å². The molecule has 2 atom stereocenters. The molecule has 0 radical (unpaired) electrons. The molecule has 0 saturated heterocycles. The van der Waals surface area contributed by atoms with E-state index in [-0.39, 0.29) is 5.82 Å². The van der Waals surface area contributed by atoms with Gasteiger partial charge in [-0.1, -0.05) is 30.3 Å². The van der Waals surface area contributed by atoms with Crippen molar-refractivity contribution in [2.24, 2.45) is 0 Å². The van der Waals surface area contributed by atoms with Crippen LogP contribution in [0.15, 0.2) is 42.5 Å². The second-order valence-corrected chi connectivity index (χ2v) is 6.13. The molecular formula is C19H22FN. The average molecular weight is 283 g/mol. The summed E-state index contributed by atoms with van der Waals surface area (Å²) in [6.45, 7) is 4.39. The fourth-order valence-electron chi connectivity index (χ4n) is 3.33. The largest absolute Gasteiger partial charge is 0.307 e. The molecule has 2 unspecified atom stereocenters. The maximum atomic E-state index is 13.3. The van der Waals surface area contributed by atoms with Crippen molar-refractivity contribution in [3.63, 3.8) is 0 Å². The van der Waals surface area contributed by atoms with Gasteiger partial charge in [-0.2, -0.15) is 0 Å². The molecule has 2 aromatic carbocycles. The number of hydrogen-bond acceptors (Lipinski definition) is 1. The summed E-state index contributed by atoms with van der Waals surface area (Å²) in [6.07, 6.45) is 3.07. The number of fused-ring (bicyclic) bond motifs is 1. The molecule has 0 bridgehead atoms. The van der Waals surface area contributed by atoms with Crippen LogP contribution in [0.4, 0.5) is 4.39 Å². The fraction of sp³-hybridized carbons (Fsp3) is 0.368. The SMILES string of the molecule is Cc1ccccc1CC(C)NC1CCc2cc(F)ccc21. The van der Waals surface area contributed by atoms with Crippen LogP contribution in [0.5, 0.6) is 0 Å². The molecule has 1 aliphatic carbocycles. The Kier molecular flexibility index (Phi) is 4.07. The minimum atomic E-state index is -0.123. The first-order chi connectivity index (χ1) is 10.1. The lowest BCUT2D eigenvalue weighted by Gasteiger charge is -2.21. The Labute approximate surface area is 126 Å². The van der Waals surface area contributed by atoms with Gasteiger partial charge in [0.05, 0.1) is 0 Å². The Morgan fingerprint density at radius 3 is 2.86 bits per heavy atom. The van der Waals surface area contributed by atoms with E-state index in [0.717, 1.165) is 24.8 Å². The number of hydrogen-bond donors (Lipinski definition) is 1. The maximum absolute atomic E-state index is 13.3. The van der Waals surface area contributed by atoms with E-state index in [4.69, 9.17) is 0 Å². The minimum absolute atomic E-state index is 0.123. The highest BCUT2D eigenvalue weighted by molar-refractivity contribution is 5.35. The van der Waals surface area contributed by atoms with Crippen molar-refractivity contribution in [2.45, 2.75) is 45.2 Å². The highest BCUT2D eigenvalue weighted by Crippen LogP contribution is 2.32. The van der Waals surface area contributed by atoms with E-state index >= 15 is 0 Å². The van der Waals surface area contributed by atoms with Crippen LogP contribution in [0.3, 0.4) is 0 Å². The second kappa shape index (κ2) is 5.98. The summed E-state index contributed by atoms with van der Waals surface area (Å²) in [5, 5.41) is 3.71. The fourth-order valence-corrected chi connectivity index (χ4v) is 3.33. The van der Waals surface area contributed by atoms with Crippen LogP contribution >= 0.6 is 0 Å². The van der Waals surface area contributed by atoms with Crippen molar-refractivity contribution in [3.05, 3.63) is 70.5 Å². The van der Waals surface area contributed by atoms with Gasteiger partial charge in [0, 0.05) is 12.1 Å². The number of aryl methyl sites for hydroxylation is 2. The van der Waals surface area contributed by atoms with Crippen LogP contribution in [-0.2, 0) is 12.8 Å². The van der Waals surface area contributed by atoms with E-state index in [1.54, 1.807) is 12.1 Å². The van der Waals surface area contributed by atoms with Gasteiger partial charge < -0.3 is 5.32 Å². The Hall–Kier alpha value is -1.67. The van der Waals surface area contributed by atoms with E-state index < -0.39 is 0 Å². The highest BCUT2D eigenvalue weighted by atomic mass is 19.1. The first-order valence-corrected chi connectivity index (χ1v) is 7.72. The van der Waals surface area contributed by atoms with Crippen molar-refractivity contribution in [1.82, 2.24) is 5.32 Å². The zero-order valence-corrected chi connectivity index (χ0v) is 12.7. The van der Waals surface area contributed by atoms with E-state index in [1.807, 2.05) is 6.07 Å². The molecule has 1 aliphatic rings. The summed E-state index contributed by atoms with van der Waals surface area (Å²) in [5.41, 5.74) is 5.18. The molecule has 0 amide bonds. The molecule has 3 rings (SSSR count). The van der Waals surface area contributed by atoms with Gasteiger partial charge in [0.2, 0.25) is 0 Å². The van der Waals surface area contributed by atoms with Crippen LogP contribution in [-0.4, -0.2) is 6.04 Å². The van der Waals surface area contributed by atoms with Crippen LogP contribution in [0.1, 0.15) is 41.6 Å². The smallest absolute Gasteiger partial charge is 0.123 e. The Morgan fingerprint density at radius 2 is 2.05 bits per heavy atom. The van der Waals surface area contributed by atoms with E-state index in [2.05, 4.69) is 43.4 Å². The summed E-state index contributed by atoms with van der Waals surface area (Å²) in [5.74, 6) is -0.123. The van der Waals surface area contributed by atoms with Crippen molar-refractivity contribution in [3.8, 4) is 0 Å². The summed E-state index contributed by atoms with van der Waals surface area (Å²) in [4.78, 5) is 0. The Morgan fingerprint density at radius 1 is 1.24 bits per heavy atom. The third-order valence-electron chi connectivity index (χ3n) is 4.46. The zero-order chi connectivity index (χ0) is 14.8. The highest BCUT2D eigenvalue weighted by Gasteiger charge is 2.23. The molecule has 0 aromatic heterocycles. The maximum Gasteiger partial charge on any atom is 0.123 e. The van der Waals surface area contributed by atoms with Gasteiger partial charge in [0.25, 0.3) is 0 Å². The van der Waals surface area contributed by atoms with E-state index in [9.17, 15) is 4.39 Å². The molecule has 1 N–H and O–H groups in total. The normalized spacial score (nSPS) is 18.5. The van der Waals surface area contributed by atoms with Crippen LogP contribution in [0.25, 0.3) is 0 Å². The standard InChI is InChI=1S/C19H22FN/c1-13-5-3-4-6-15(13)11-14(2)21-19-10-7-16-12-17(20)8-9-18(16)19/h3-6,8-9,12,14,19,21H,7,10-11H2,1-2H3. The predicted molar refractivity (Wildman–Crippen MR) is 84.9 cm³/mol. The molecule has 0 saturated carbocycles. The summed E-state index contributed by atoms with van der Waals surface area (Å²) in [7, 11) is 0. The first-order valence-electron chi connectivity index (χ1n) is 7.72. The molecule has 21 heavy (non-hydrogen) atoms. The van der Waals surface area contributed by atoms with Crippen molar-refractivity contribution >= 4 is 0 Å². The lowest BCUT2D eigenvalue weighted by atomic mass is 10.0. The molecule has 1 nitrogen and oxygen atoms in total. The lowest BCUT2D eigenvalue weighted by Crippen LogP contribution is -2.31. The molecule has 2 heteroatoms. The molecule has 0 spiro atoms. The monoisotopic (exact) mass is 283 g/mol. The molecular weight excluding hydrogens is 261 g/mol. The van der Waals surface area contributed by atoms with Crippen molar-refractivity contribution in [1.29, 1.82) is 0 Å². The summed E-state index contributed by atoms with van der Waals surface area (Å²) in [6, 6.07) is 14.5. The second-order valence-electron chi connectivity index (χ2n) is 6.13. The zero-order valence-electron chi connectivity index (χ0n) is 12.7. The van der Waals surface area contributed by atoms with Crippen molar-refractivity contribution < 1.29 is 4.39 Å². The number of benzene rings is 2. The first kappa shape index (κ1) is 14.3. The van der Waals surface area contributed by atoms with Gasteiger partial charge in [-0.3, -0.25) is 0 Å². The topological polar surface area (TPSA) is 12.0 Å². The Balaban J connectivity index is 1.67. The average Bonchev–Trinajstić information content (AvgIpc) is 2.83. The molecule has 0 fully saturated rings. The minimum Gasteiger partial charge on any atom is -0.307 e. The third kappa shape index (κ3) is 3.16.